The van der Waals surface area contributed by atoms with Crippen molar-refractivity contribution in [1.29, 1.82) is 0 Å². The zero-order chi connectivity index (χ0) is 9.97. The number of carbonyl (C=O) groups excluding carboxylic acids is 1. The van der Waals surface area contributed by atoms with Gasteiger partial charge in [-0.15, -0.1) is 11.3 Å². The summed E-state index contributed by atoms with van der Waals surface area (Å²) in [7, 11) is 0. The highest BCUT2D eigenvalue weighted by Crippen LogP contribution is 2.14. The summed E-state index contributed by atoms with van der Waals surface area (Å²) < 4.78 is 0. The minimum Gasteiger partial charge on any atom is -0.288 e. The normalized spacial score (nSPS) is 10.1. The first kappa shape index (κ1) is 9.09. The van der Waals surface area contributed by atoms with E-state index in [1.807, 2.05) is 31.2 Å². The van der Waals surface area contributed by atoms with Crippen LogP contribution in [0.2, 0.25) is 0 Å². The van der Waals surface area contributed by atoms with E-state index in [0.29, 0.717) is 4.88 Å². The molecule has 0 atom stereocenters. The highest BCUT2D eigenvalue weighted by molar-refractivity contribution is 7.11. The van der Waals surface area contributed by atoms with E-state index >= 15 is 0 Å². The Hall–Kier alpha value is -1.48. The Kier molecular flexibility index (Phi) is 2.41. The number of benzene rings is 1. The van der Waals surface area contributed by atoms with Gasteiger partial charge in [-0.2, -0.15) is 0 Å². The summed E-state index contributed by atoms with van der Waals surface area (Å²) in [6.07, 6.45) is 1.61. The largest absolute Gasteiger partial charge is 0.288 e. The standard InChI is InChI=1S/C11H9NOS/c1-8-3-2-4-9(5-8)11(13)10-6-12-7-14-10/h2-7H,1H3. The molecule has 0 aliphatic carbocycles. The van der Waals surface area contributed by atoms with Gasteiger partial charge in [-0.1, -0.05) is 23.8 Å². The lowest BCUT2D eigenvalue weighted by Crippen LogP contribution is -1.98. The van der Waals surface area contributed by atoms with Gasteiger partial charge in [-0.25, -0.2) is 0 Å². The van der Waals surface area contributed by atoms with Crippen molar-refractivity contribution in [3.63, 3.8) is 0 Å². The third-order valence-corrected chi connectivity index (χ3v) is 2.71. The third kappa shape index (κ3) is 1.72. The van der Waals surface area contributed by atoms with Crippen LogP contribution >= 0.6 is 11.3 Å². The summed E-state index contributed by atoms with van der Waals surface area (Å²) >= 11 is 1.37. The van der Waals surface area contributed by atoms with Gasteiger partial charge in [0.15, 0.2) is 0 Å². The van der Waals surface area contributed by atoms with E-state index in [4.69, 9.17) is 0 Å². The maximum absolute atomic E-state index is 11.8. The second kappa shape index (κ2) is 3.72. The van der Waals surface area contributed by atoms with Gasteiger partial charge in [0.05, 0.1) is 10.4 Å². The van der Waals surface area contributed by atoms with Crippen molar-refractivity contribution in [2.24, 2.45) is 0 Å². The van der Waals surface area contributed by atoms with Crippen molar-refractivity contribution in [1.82, 2.24) is 4.98 Å². The number of aromatic nitrogens is 1. The summed E-state index contributed by atoms with van der Waals surface area (Å²) in [5, 5.41) is 0. The SMILES string of the molecule is Cc1cccc(C(=O)c2cncs2)c1. The molecule has 14 heavy (non-hydrogen) atoms. The molecule has 0 N–H and O–H groups in total. The minimum absolute atomic E-state index is 0.0520. The van der Waals surface area contributed by atoms with Crippen LogP contribution in [0.5, 0.6) is 0 Å². The van der Waals surface area contributed by atoms with Gasteiger partial charge in [-0.3, -0.25) is 9.78 Å². The lowest BCUT2D eigenvalue weighted by atomic mass is 10.1. The zero-order valence-corrected chi connectivity index (χ0v) is 8.54. The van der Waals surface area contributed by atoms with E-state index in [2.05, 4.69) is 4.98 Å². The Morgan fingerprint density at radius 1 is 1.43 bits per heavy atom. The Labute approximate surface area is 86.2 Å². The van der Waals surface area contributed by atoms with Crippen LogP contribution in [-0.2, 0) is 0 Å². The fraction of sp³-hybridized carbons (Fsp3) is 0.0909. The summed E-state index contributed by atoms with van der Waals surface area (Å²) in [6.45, 7) is 1.98. The Morgan fingerprint density at radius 2 is 2.29 bits per heavy atom. The first-order valence-corrected chi connectivity index (χ1v) is 5.15. The molecule has 2 aromatic rings. The van der Waals surface area contributed by atoms with Crippen LogP contribution in [0.4, 0.5) is 0 Å². The smallest absolute Gasteiger partial charge is 0.204 e. The molecule has 2 nitrogen and oxygen atoms in total. The highest BCUT2D eigenvalue weighted by Gasteiger charge is 2.09. The van der Waals surface area contributed by atoms with E-state index < -0.39 is 0 Å². The van der Waals surface area contributed by atoms with Crippen molar-refractivity contribution in [3.05, 3.63) is 52.0 Å². The molecular weight excluding hydrogens is 194 g/mol. The predicted octanol–water partition coefficient (Wildman–Crippen LogP) is 2.68. The molecule has 1 aromatic heterocycles. The van der Waals surface area contributed by atoms with Gasteiger partial charge in [0.25, 0.3) is 0 Å². The number of rotatable bonds is 2. The van der Waals surface area contributed by atoms with Gasteiger partial charge in [-0.05, 0) is 13.0 Å². The van der Waals surface area contributed by atoms with Crippen molar-refractivity contribution in [2.75, 3.05) is 0 Å². The molecule has 1 heterocycles. The molecule has 2 rings (SSSR count). The van der Waals surface area contributed by atoms with Crippen molar-refractivity contribution < 1.29 is 4.79 Å². The van der Waals surface area contributed by atoms with Crippen LogP contribution in [-0.4, -0.2) is 10.8 Å². The van der Waals surface area contributed by atoms with E-state index in [-0.39, 0.29) is 5.78 Å². The second-order valence-electron chi connectivity index (χ2n) is 3.06. The van der Waals surface area contributed by atoms with Crippen LogP contribution in [0.1, 0.15) is 20.8 Å². The molecule has 0 spiro atoms. The van der Waals surface area contributed by atoms with E-state index in [9.17, 15) is 4.79 Å². The molecule has 70 valence electrons. The highest BCUT2D eigenvalue weighted by atomic mass is 32.1. The molecule has 0 unspecified atom stereocenters. The molecule has 0 amide bonds. The summed E-state index contributed by atoms with van der Waals surface area (Å²) in [6, 6.07) is 7.59. The van der Waals surface area contributed by atoms with E-state index in [1.165, 1.54) is 11.3 Å². The maximum Gasteiger partial charge on any atom is 0.204 e. The maximum atomic E-state index is 11.8. The lowest BCUT2D eigenvalue weighted by Gasteiger charge is -1.98. The quantitative estimate of drug-likeness (QED) is 0.702. The van der Waals surface area contributed by atoms with Crippen LogP contribution in [0.25, 0.3) is 0 Å². The first-order valence-electron chi connectivity index (χ1n) is 4.27. The van der Waals surface area contributed by atoms with Crippen LogP contribution in [0.15, 0.2) is 36.0 Å². The number of nitrogens with zero attached hydrogens (tertiary/aromatic N) is 1. The van der Waals surface area contributed by atoms with Gasteiger partial charge in [0, 0.05) is 11.8 Å². The zero-order valence-electron chi connectivity index (χ0n) is 7.73. The molecule has 3 heteroatoms. The fourth-order valence-corrected chi connectivity index (χ4v) is 1.84. The van der Waals surface area contributed by atoms with Gasteiger partial charge >= 0.3 is 0 Å². The summed E-state index contributed by atoms with van der Waals surface area (Å²) in [5.41, 5.74) is 3.50. The topological polar surface area (TPSA) is 30.0 Å². The third-order valence-electron chi connectivity index (χ3n) is 1.94. The van der Waals surface area contributed by atoms with Gasteiger partial charge < -0.3 is 0 Å². The molecule has 0 saturated carbocycles. The van der Waals surface area contributed by atoms with Crippen molar-refractivity contribution >= 4 is 17.1 Å². The van der Waals surface area contributed by atoms with Gasteiger partial charge in [0.2, 0.25) is 5.78 Å². The average Bonchev–Trinajstić information content (AvgIpc) is 2.69. The first-order chi connectivity index (χ1) is 6.77. The summed E-state index contributed by atoms with van der Waals surface area (Å²) in [4.78, 5) is 16.4. The molecule has 0 fully saturated rings. The lowest BCUT2D eigenvalue weighted by molar-refractivity contribution is 0.104. The fourth-order valence-electron chi connectivity index (χ4n) is 1.26. The van der Waals surface area contributed by atoms with Crippen LogP contribution < -0.4 is 0 Å². The average molecular weight is 203 g/mol. The molecule has 0 saturated heterocycles. The Morgan fingerprint density at radius 3 is 2.93 bits per heavy atom. The number of ketones is 1. The molecule has 1 aromatic carbocycles. The number of hydrogen-bond donors (Lipinski definition) is 0. The van der Waals surface area contributed by atoms with Crippen molar-refractivity contribution in [2.45, 2.75) is 6.92 Å². The molecule has 0 aliphatic heterocycles. The van der Waals surface area contributed by atoms with E-state index in [0.717, 1.165) is 11.1 Å². The minimum atomic E-state index is 0.0520. The molecular formula is C11H9NOS. The number of thiazole rings is 1. The number of carbonyl (C=O) groups is 1. The van der Waals surface area contributed by atoms with E-state index in [1.54, 1.807) is 11.7 Å². The molecule has 0 aliphatic rings. The molecule has 0 bridgehead atoms. The number of hydrogen-bond acceptors (Lipinski definition) is 3. The summed E-state index contributed by atoms with van der Waals surface area (Å²) in [5.74, 6) is 0.0520. The van der Waals surface area contributed by atoms with Crippen molar-refractivity contribution in [3.8, 4) is 0 Å². The Balaban J connectivity index is 2.37. The monoisotopic (exact) mass is 203 g/mol. The van der Waals surface area contributed by atoms with Crippen LogP contribution in [0.3, 0.4) is 0 Å². The molecule has 0 radical (unpaired) electrons. The second-order valence-corrected chi connectivity index (χ2v) is 3.95. The number of aryl methyl sites for hydroxylation is 1. The van der Waals surface area contributed by atoms with Gasteiger partial charge in [0.1, 0.15) is 0 Å². The Bertz CT molecular complexity index is 448. The predicted molar refractivity (Wildman–Crippen MR) is 56.7 cm³/mol. The van der Waals surface area contributed by atoms with Crippen LogP contribution in [0, 0.1) is 6.92 Å².